The van der Waals surface area contributed by atoms with Crippen molar-refractivity contribution < 1.29 is 9.53 Å². The first kappa shape index (κ1) is 10.5. The Kier molecular flexibility index (Phi) is 3.30. The van der Waals surface area contributed by atoms with E-state index in [0.29, 0.717) is 11.3 Å². The van der Waals surface area contributed by atoms with E-state index in [4.69, 9.17) is 4.74 Å². The molecule has 0 saturated heterocycles. The van der Waals surface area contributed by atoms with Crippen LogP contribution in [0.25, 0.3) is 0 Å². The maximum absolute atomic E-state index is 11.1. The van der Waals surface area contributed by atoms with Crippen molar-refractivity contribution in [3.63, 3.8) is 0 Å². The van der Waals surface area contributed by atoms with Gasteiger partial charge >= 0.3 is 5.97 Å². The standard InChI is InChI=1S/C10H11IO2/c1-4-6(2)9(11)8-5-7(3)10(12)13-8/h4-5H,1-3H3/b6-4-,9-8+. The lowest BCUT2D eigenvalue weighted by atomic mass is 10.2. The average Bonchev–Trinajstić information content (AvgIpc) is 2.44. The number of esters is 1. The average molecular weight is 290 g/mol. The van der Waals surface area contributed by atoms with Crippen LogP contribution in [0, 0.1) is 0 Å². The number of carbonyl (C=O) groups is 1. The van der Waals surface area contributed by atoms with E-state index in [1.54, 1.807) is 13.0 Å². The molecule has 1 heterocycles. The summed E-state index contributed by atoms with van der Waals surface area (Å²) >= 11 is 2.18. The van der Waals surface area contributed by atoms with Gasteiger partial charge in [0.05, 0.1) is 3.58 Å². The molecular weight excluding hydrogens is 279 g/mol. The van der Waals surface area contributed by atoms with E-state index >= 15 is 0 Å². The van der Waals surface area contributed by atoms with Crippen molar-refractivity contribution in [1.29, 1.82) is 0 Å². The van der Waals surface area contributed by atoms with Crippen LogP contribution in [-0.4, -0.2) is 5.97 Å². The van der Waals surface area contributed by atoms with Crippen molar-refractivity contribution in [2.24, 2.45) is 0 Å². The predicted octanol–water partition coefficient (Wildman–Crippen LogP) is 3.10. The SMILES string of the molecule is C/C=C(C)\C(I)=C1\C=C(C)C(=O)O1. The van der Waals surface area contributed by atoms with Crippen LogP contribution < -0.4 is 0 Å². The molecule has 0 radical (unpaired) electrons. The molecule has 0 N–H and O–H groups in total. The van der Waals surface area contributed by atoms with E-state index in [9.17, 15) is 4.79 Å². The molecule has 0 atom stereocenters. The molecule has 0 aromatic rings. The van der Waals surface area contributed by atoms with Gasteiger partial charge in [0.25, 0.3) is 0 Å². The first-order chi connectivity index (χ1) is 6.06. The van der Waals surface area contributed by atoms with Crippen LogP contribution in [0.4, 0.5) is 0 Å². The molecule has 0 aromatic heterocycles. The van der Waals surface area contributed by atoms with Crippen molar-refractivity contribution >= 4 is 28.6 Å². The van der Waals surface area contributed by atoms with E-state index < -0.39 is 0 Å². The molecule has 1 rings (SSSR count). The normalized spacial score (nSPS) is 21.4. The summed E-state index contributed by atoms with van der Waals surface area (Å²) in [5, 5.41) is 0. The molecule has 1 aliphatic heterocycles. The van der Waals surface area contributed by atoms with Crippen LogP contribution in [0.2, 0.25) is 0 Å². The molecule has 13 heavy (non-hydrogen) atoms. The Morgan fingerprint density at radius 3 is 2.62 bits per heavy atom. The van der Waals surface area contributed by atoms with Crippen LogP contribution in [0.1, 0.15) is 20.8 Å². The monoisotopic (exact) mass is 290 g/mol. The smallest absolute Gasteiger partial charge is 0.339 e. The summed E-state index contributed by atoms with van der Waals surface area (Å²) in [6.45, 7) is 5.70. The van der Waals surface area contributed by atoms with Gasteiger partial charge in [0, 0.05) is 5.57 Å². The Morgan fingerprint density at radius 1 is 1.62 bits per heavy atom. The number of carbonyl (C=O) groups excluding carboxylic acids is 1. The van der Waals surface area contributed by atoms with Crippen LogP contribution in [0.5, 0.6) is 0 Å². The van der Waals surface area contributed by atoms with E-state index in [0.717, 1.165) is 9.15 Å². The maximum atomic E-state index is 11.1. The second kappa shape index (κ2) is 4.09. The summed E-state index contributed by atoms with van der Waals surface area (Å²) in [6, 6.07) is 0. The molecule has 3 heteroatoms. The molecule has 0 fully saturated rings. The molecule has 0 amide bonds. The third-order valence-electron chi connectivity index (χ3n) is 1.87. The summed E-state index contributed by atoms with van der Waals surface area (Å²) in [5.41, 5.74) is 1.78. The lowest BCUT2D eigenvalue weighted by Gasteiger charge is -2.01. The Hall–Kier alpha value is -0.580. The number of hydrogen-bond acceptors (Lipinski definition) is 2. The maximum Gasteiger partial charge on any atom is 0.339 e. The van der Waals surface area contributed by atoms with Crippen molar-refractivity contribution in [3.05, 3.63) is 32.6 Å². The number of hydrogen-bond donors (Lipinski definition) is 0. The summed E-state index contributed by atoms with van der Waals surface area (Å²) < 4.78 is 6.05. The highest BCUT2D eigenvalue weighted by Gasteiger charge is 2.19. The van der Waals surface area contributed by atoms with Gasteiger partial charge in [-0.1, -0.05) is 6.08 Å². The van der Waals surface area contributed by atoms with Crippen LogP contribution in [0.3, 0.4) is 0 Å². The number of cyclic esters (lactones) is 1. The van der Waals surface area contributed by atoms with Crippen molar-refractivity contribution in [2.45, 2.75) is 20.8 Å². The van der Waals surface area contributed by atoms with Crippen LogP contribution >= 0.6 is 22.6 Å². The summed E-state index contributed by atoms with van der Waals surface area (Å²) in [4.78, 5) is 11.1. The largest absolute Gasteiger partial charge is 0.422 e. The molecular formula is C10H11IO2. The lowest BCUT2D eigenvalue weighted by molar-refractivity contribution is -0.133. The second-order valence-corrected chi connectivity index (χ2v) is 3.95. The van der Waals surface area contributed by atoms with E-state index in [2.05, 4.69) is 22.6 Å². The fraction of sp³-hybridized carbons (Fsp3) is 0.300. The minimum Gasteiger partial charge on any atom is -0.422 e. The Morgan fingerprint density at radius 2 is 2.23 bits per heavy atom. The topological polar surface area (TPSA) is 26.3 Å². The molecule has 0 aromatic carbocycles. The molecule has 1 aliphatic rings. The Balaban J connectivity index is 3.04. The molecule has 0 unspecified atom stereocenters. The Bertz CT molecular complexity index is 335. The number of allylic oxidation sites excluding steroid dienone is 4. The highest BCUT2D eigenvalue weighted by atomic mass is 127. The van der Waals surface area contributed by atoms with Gasteiger partial charge in [-0.15, -0.1) is 0 Å². The zero-order valence-corrected chi connectivity index (χ0v) is 10.0. The third-order valence-corrected chi connectivity index (χ3v) is 3.25. The van der Waals surface area contributed by atoms with Gasteiger partial charge in [-0.05, 0) is 55.0 Å². The molecule has 0 bridgehead atoms. The van der Waals surface area contributed by atoms with Crippen LogP contribution in [0.15, 0.2) is 32.6 Å². The van der Waals surface area contributed by atoms with Gasteiger partial charge in [-0.25, -0.2) is 4.79 Å². The van der Waals surface area contributed by atoms with Crippen molar-refractivity contribution in [1.82, 2.24) is 0 Å². The lowest BCUT2D eigenvalue weighted by Crippen LogP contribution is -1.96. The Labute approximate surface area is 91.5 Å². The van der Waals surface area contributed by atoms with Gasteiger partial charge in [0.1, 0.15) is 5.76 Å². The first-order valence-corrected chi connectivity index (χ1v) is 5.07. The zero-order valence-electron chi connectivity index (χ0n) is 7.85. The summed E-state index contributed by atoms with van der Waals surface area (Å²) in [5.74, 6) is 0.423. The highest BCUT2D eigenvalue weighted by Crippen LogP contribution is 2.28. The minimum atomic E-state index is -0.243. The number of rotatable bonds is 1. The van der Waals surface area contributed by atoms with Gasteiger partial charge in [-0.3, -0.25) is 0 Å². The van der Waals surface area contributed by atoms with E-state index in [1.807, 2.05) is 19.9 Å². The van der Waals surface area contributed by atoms with Gasteiger partial charge in [-0.2, -0.15) is 0 Å². The van der Waals surface area contributed by atoms with Gasteiger partial charge in [0.15, 0.2) is 0 Å². The quantitative estimate of drug-likeness (QED) is 0.548. The predicted molar refractivity (Wildman–Crippen MR) is 60.3 cm³/mol. The third kappa shape index (κ3) is 2.21. The van der Waals surface area contributed by atoms with E-state index in [-0.39, 0.29) is 5.97 Å². The first-order valence-electron chi connectivity index (χ1n) is 3.99. The summed E-state index contributed by atoms with van der Waals surface area (Å²) in [6.07, 6.45) is 3.77. The van der Waals surface area contributed by atoms with Crippen LogP contribution in [-0.2, 0) is 9.53 Å². The number of ether oxygens (including phenoxy) is 1. The molecule has 0 spiro atoms. The molecule has 0 aliphatic carbocycles. The highest BCUT2D eigenvalue weighted by molar-refractivity contribution is 14.1. The second-order valence-electron chi connectivity index (χ2n) is 2.87. The fourth-order valence-electron chi connectivity index (χ4n) is 0.895. The fourth-order valence-corrected chi connectivity index (χ4v) is 1.47. The minimum absolute atomic E-state index is 0.243. The van der Waals surface area contributed by atoms with Gasteiger partial charge in [0.2, 0.25) is 0 Å². The molecule has 70 valence electrons. The zero-order chi connectivity index (χ0) is 10.0. The number of halogens is 1. The van der Waals surface area contributed by atoms with Crippen molar-refractivity contribution in [2.75, 3.05) is 0 Å². The molecule has 0 saturated carbocycles. The van der Waals surface area contributed by atoms with Gasteiger partial charge < -0.3 is 4.74 Å². The molecule has 2 nitrogen and oxygen atoms in total. The van der Waals surface area contributed by atoms with Crippen molar-refractivity contribution in [3.8, 4) is 0 Å². The summed E-state index contributed by atoms with van der Waals surface area (Å²) in [7, 11) is 0. The van der Waals surface area contributed by atoms with E-state index in [1.165, 1.54) is 0 Å².